The molecule has 1 N–H and O–H groups in total. The molecule has 0 radical (unpaired) electrons. The number of aromatic nitrogens is 2. The topological polar surface area (TPSA) is 67.4 Å². The van der Waals surface area contributed by atoms with Crippen molar-refractivity contribution in [3.05, 3.63) is 35.5 Å². The third kappa shape index (κ3) is 2.93. The molecular weight excluding hydrogens is 340 g/mol. The lowest BCUT2D eigenvalue weighted by Gasteiger charge is -2.27. The number of aryl methyl sites for hydroxylation is 1. The summed E-state index contributed by atoms with van der Waals surface area (Å²) in [6.45, 7) is 4.49. The molecular formula is C21H24N4O2. The molecule has 3 aliphatic rings. The van der Waals surface area contributed by atoms with Gasteiger partial charge >= 0.3 is 0 Å². The van der Waals surface area contributed by atoms with Crippen LogP contribution >= 0.6 is 0 Å². The van der Waals surface area contributed by atoms with Gasteiger partial charge in [-0.25, -0.2) is 4.98 Å². The molecule has 3 heterocycles. The van der Waals surface area contributed by atoms with Gasteiger partial charge in [-0.15, -0.1) is 0 Å². The number of amides is 1. The fraction of sp³-hybridized carbons (Fsp3) is 0.476. The zero-order chi connectivity index (χ0) is 18.6. The lowest BCUT2D eigenvalue weighted by atomic mass is 9.96. The van der Waals surface area contributed by atoms with Gasteiger partial charge < -0.3 is 15.0 Å². The Morgan fingerprint density at radius 3 is 2.78 bits per heavy atom. The molecule has 2 aliphatic carbocycles. The molecule has 2 aromatic heterocycles. The van der Waals surface area contributed by atoms with E-state index >= 15 is 0 Å². The molecule has 0 aromatic carbocycles. The van der Waals surface area contributed by atoms with Crippen molar-refractivity contribution in [2.75, 3.05) is 16.8 Å². The second kappa shape index (κ2) is 5.94. The Balaban J connectivity index is 1.52. The van der Waals surface area contributed by atoms with E-state index in [0.29, 0.717) is 17.8 Å². The maximum atomic E-state index is 11.4. The van der Waals surface area contributed by atoms with Gasteiger partial charge in [0.15, 0.2) is 0 Å². The Kier molecular flexibility index (Phi) is 3.64. The van der Waals surface area contributed by atoms with Gasteiger partial charge in [0.2, 0.25) is 11.8 Å². The summed E-state index contributed by atoms with van der Waals surface area (Å²) < 4.78 is 6.06. The van der Waals surface area contributed by atoms with E-state index in [1.807, 2.05) is 18.3 Å². The van der Waals surface area contributed by atoms with Crippen molar-refractivity contribution in [1.82, 2.24) is 9.97 Å². The Morgan fingerprint density at radius 2 is 2.11 bits per heavy atom. The zero-order valence-electron chi connectivity index (χ0n) is 15.8. The SMILES string of the molecule is CC(=O)Nc1cc2c(cn1)C1(CC1)CN2c1cc(C)cc(OC2CCC2)n1. The highest BCUT2D eigenvalue weighted by Gasteiger charge is 2.52. The standard InChI is InChI=1S/C21H24N4O2/c1-13-8-19(24-20(9-13)27-15-4-3-5-15)25-12-21(6-7-21)16-11-22-18(10-17(16)25)23-14(2)26/h8-11,15H,3-7,12H2,1-2H3,(H,22,23,26). The largest absolute Gasteiger partial charge is 0.474 e. The second-order valence-electron chi connectivity index (χ2n) is 8.15. The summed E-state index contributed by atoms with van der Waals surface area (Å²) in [4.78, 5) is 23.0. The van der Waals surface area contributed by atoms with Gasteiger partial charge in [0.1, 0.15) is 17.7 Å². The summed E-state index contributed by atoms with van der Waals surface area (Å²) in [7, 11) is 0. The van der Waals surface area contributed by atoms with Crippen molar-refractivity contribution in [2.24, 2.45) is 0 Å². The van der Waals surface area contributed by atoms with Gasteiger partial charge in [-0.2, -0.15) is 4.98 Å². The maximum absolute atomic E-state index is 11.4. The van der Waals surface area contributed by atoms with E-state index in [9.17, 15) is 4.79 Å². The van der Waals surface area contributed by atoms with E-state index in [-0.39, 0.29) is 11.3 Å². The molecule has 0 unspecified atom stereocenters. The molecule has 1 amide bonds. The fourth-order valence-corrected chi connectivity index (χ4v) is 4.06. The summed E-state index contributed by atoms with van der Waals surface area (Å²) in [5.74, 6) is 2.10. The lowest BCUT2D eigenvalue weighted by molar-refractivity contribution is -0.114. The van der Waals surface area contributed by atoms with Crippen LogP contribution in [0.25, 0.3) is 0 Å². The number of rotatable bonds is 4. The summed E-state index contributed by atoms with van der Waals surface area (Å²) in [5.41, 5.74) is 3.70. The van der Waals surface area contributed by atoms with Gasteiger partial charge in [0.05, 0.1) is 5.69 Å². The van der Waals surface area contributed by atoms with Gasteiger partial charge in [-0.05, 0) is 50.7 Å². The number of carbonyl (C=O) groups is 1. The van der Waals surface area contributed by atoms with E-state index in [4.69, 9.17) is 9.72 Å². The van der Waals surface area contributed by atoms with Gasteiger partial charge in [0.25, 0.3) is 0 Å². The molecule has 6 heteroatoms. The first-order valence-electron chi connectivity index (χ1n) is 9.73. The van der Waals surface area contributed by atoms with Crippen LogP contribution in [-0.2, 0) is 10.2 Å². The predicted octanol–water partition coefficient (Wildman–Crippen LogP) is 3.86. The van der Waals surface area contributed by atoms with Crippen molar-refractivity contribution >= 4 is 23.2 Å². The molecule has 5 rings (SSSR count). The van der Waals surface area contributed by atoms with Crippen LogP contribution in [0.15, 0.2) is 24.4 Å². The minimum Gasteiger partial charge on any atom is -0.474 e. The Hall–Kier alpha value is -2.63. The van der Waals surface area contributed by atoms with Crippen molar-refractivity contribution in [3.8, 4) is 5.88 Å². The monoisotopic (exact) mass is 364 g/mol. The summed E-state index contributed by atoms with van der Waals surface area (Å²) >= 11 is 0. The molecule has 0 saturated heterocycles. The van der Waals surface area contributed by atoms with E-state index in [0.717, 1.165) is 36.5 Å². The van der Waals surface area contributed by atoms with Crippen molar-refractivity contribution < 1.29 is 9.53 Å². The molecule has 0 bridgehead atoms. The second-order valence-corrected chi connectivity index (χ2v) is 8.15. The van der Waals surface area contributed by atoms with E-state index in [1.165, 1.54) is 31.7 Å². The van der Waals surface area contributed by atoms with Crippen LogP contribution in [0.5, 0.6) is 5.88 Å². The van der Waals surface area contributed by atoms with E-state index in [1.54, 1.807) is 0 Å². The highest BCUT2D eigenvalue weighted by molar-refractivity contribution is 5.89. The van der Waals surface area contributed by atoms with Crippen LogP contribution in [0.2, 0.25) is 0 Å². The zero-order valence-corrected chi connectivity index (χ0v) is 15.8. The van der Waals surface area contributed by atoms with Crippen LogP contribution in [0.3, 0.4) is 0 Å². The maximum Gasteiger partial charge on any atom is 0.222 e. The number of fused-ring (bicyclic) bond motifs is 2. The first-order chi connectivity index (χ1) is 13.0. The van der Waals surface area contributed by atoms with Crippen LogP contribution in [-0.4, -0.2) is 28.5 Å². The predicted molar refractivity (Wildman–Crippen MR) is 104 cm³/mol. The third-order valence-corrected chi connectivity index (χ3v) is 5.91. The van der Waals surface area contributed by atoms with Crippen molar-refractivity contribution in [1.29, 1.82) is 0 Å². The highest BCUT2D eigenvalue weighted by atomic mass is 16.5. The molecule has 1 aliphatic heterocycles. The molecule has 2 saturated carbocycles. The number of nitrogens with one attached hydrogen (secondary N) is 1. The number of nitrogens with zero attached hydrogens (tertiary/aromatic N) is 3. The Labute approximate surface area is 159 Å². The average molecular weight is 364 g/mol. The van der Waals surface area contributed by atoms with Crippen molar-refractivity contribution in [3.63, 3.8) is 0 Å². The van der Waals surface area contributed by atoms with Gasteiger partial charge in [0, 0.05) is 42.8 Å². The molecule has 140 valence electrons. The normalized spacial score (nSPS) is 19.6. The number of anilines is 3. The number of pyridine rings is 2. The number of hydrogen-bond donors (Lipinski definition) is 1. The first-order valence-corrected chi connectivity index (χ1v) is 9.73. The highest BCUT2D eigenvalue weighted by Crippen LogP contribution is 2.58. The van der Waals surface area contributed by atoms with Crippen LogP contribution < -0.4 is 15.0 Å². The number of carbonyl (C=O) groups excluding carboxylic acids is 1. The van der Waals surface area contributed by atoms with Crippen LogP contribution in [0, 0.1) is 6.92 Å². The molecule has 27 heavy (non-hydrogen) atoms. The minimum atomic E-state index is -0.113. The Morgan fingerprint density at radius 1 is 1.30 bits per heavy atom. The van der Waals surface area contributed by atoms with Crippen molar-refractivity contribution in [2.45, 2.75) is 57.5 Å². The molecule has 1 spiro atoms. The van der Waals surface area contributed by atoms with Gasteiger partial charge in [-0.3, -0.25) is 4.79 Å². The third-order valence-electron chi connectivity index (χ3n) is 5.91. The van der Waals surface area contributed by atoms with Crippen LogP contribution in [0.4, 0.5) is 17.3 Å². The molecule has 2 fully saturated rings. The molecule has 2 aromatic rings. The quantitative estimate of drug-likeness (QED) is 0.892. The smallest absolute Gasteiger partial charge is 0.222 e. The fourth-order valence-electron chi connectivity index (χ4n) is 4.06. The van der Waals surface area contributed by atoms with E-state index in [2.05, 4.69) is 28.2 Å². The summed E-state index contributed by atoms with van der Waals surface area (Å²) in [5, 5.41) is 2.80. The Bertz CT molecular complexity index is 918. The number of hydrogen-bond acceptors (Lipinski definition) is 5. The lowest BCUT2D eigenvalue weighted by Crippen LogP contribution is -2.25. The molecule has 6 nitrogen and oxygen atoms in total. The van der Waals surface area contributed by atoms with E-state index < -0.39 is 0 Å². The average Bonchev–Trinajstić information content (AvgIpc) is 3.28. The minimum absolute atomic E-state index is 0.113. The first kappa shape index (κ1) is 16.5. The number of ether oxygens (including phenoxy) is 1. The van der Waals surface area contributed by atoms with Crippen LogP contribution in [0.1, 0.15) is 50.2 Å². The summed E-state index contributed by atoms with van der Waals surface area (Å²) in [6, 6.07) is 6.10. The molecule has 0 atom stereocenters. The van der Waals surface area contributed by atoms with Gasteiger partial charge in [-0.1, -0.05) is 0 Å². The summed E-state index contributed by atoms with van der Waals surface area (Å²) in [6.07, 6.45) is 8.06.